The van der Waals surface area contributed by atoms with E-state index < -0.39 is 0 Å². The van der Waals surface area contributed by atoms with Crippen molar-refractivity contribution in [1.82, 2.24) is 4.98 Å². The van der Waals surface area contributed by atoms with Crippen molar-refractivity contribution in [2.24, 2.45) is 0 Å². The number of carbonyl (C=O) groups excluding carboxylic acids is 1. The number of nitrogens with two attached hydrogens (primary N) is 1. The van der Waals surface area contributed by atoms with Crippen LogP contribution in [0.3, 0.4) is 0 Å². The highest BCUT2D eigenvalue weighted by Crippen LogP contribution is 2.14. The predicted octanol–water partition coefficient (Wildman–Crippen LogP) is 1.41. The van der Waals surface area contributed by atoms with Gasteiger partial charge in [-0.3, -0.25) is 4.79 Å². The summed E-state index contributed by atoms with van der Waals surface area (Å²) in [7, 11) is 0. The largest absolute Gasteiger partial charge is 0.420 e. The van der Waals surface area contributed by atoms with Gasteiger partial charge in [-0.2, -0.15) is 4.98 Å². The SMILES string of the molecule is CCCc1nc(N)oc1C(C)=O. The van der Waals surface area contributed by atoms with E-state index in [2.05, 4.69) is 4.98 Å². The molecule has 0 fully saturated rings. The average Bonchev–Trinajstić information content (AvgIpc) is 2.32. The van der Waals surface area contributed by atoms with Crippen LogP contribution in [0, 0.1) is 0 Å². The molecule has 1 aromatic heterocycles. The van der Waals surface area contributed by atoms with Gasteiger partial charge < -0.3 is 10.2 Å². The van der Waals surface area contributed by atoms with Gasteiger partial charge in [-0.1, -0.05) is 13.3 Å². The van der Waals surface area contributed by atoms with Crippen molar-refractivity contribution in [3.05, 3.63) is 11.5 Å². The summed E-state index contributed by atoms with van der Waals surface area (Å²) < 4.78 is 4.95. The molecule has 0 amide bonds. The minimum absolute atomic E-state index is 0.0728. The molecular formula is C8H12N2O2. The average molecular weight is 168 g/mol. The molecule has 0 aliphatic carbocycles. The fourth-order valence-electron chi connectivity index (χ4n) is 1.05. The third-order valence-electron chi connectivity index (χ3n) is 1.52. The summed E-state index contributed by atoms with van der Waals surface area (Å²) in [6.07, 6.45) is 1.65. The summed E-state index contributed by atoms with van der Waals surface area (Å²) in [5, 5.41) is 0. The quantitative estimate of drug-likeness (QED) is 0.693. The molecule has 1 heterocycles. The topological polar surface area (TPSA) is 69.1 Å². The molecule has 1 aromatic rings. The molecule has 0 aromatic carbocycles. The maximum atomic E-state index is 11.0. The fraction of sp³-hybridized carbons (Fsp3) is 0.500. The van der Waals surface area contributed by atoms with Gasteiger partial charge in [-0.05, 0) is 6.42 Å². The van der Waals surface area contributed by atoms with E-state index in [0.717, 1.165) is 12.8 Å². The summed E-state index contributed by atoms with van der Waals surface area (Å²) in [4.78, 5) is 14.9. The first-order valence-corrected chi connectivity index (χ1v) is 3.91. The number of carbonyl (C=O) groups is 1. The Bertz CT molecular complexity index is 291. The summed E-state index contributed by atoms with van der Waals surface area (Å²) in [6, 6.07) is 0.0728. The van der Waals surface area contributed by atoms with E-state index in [1.54, 1.807) is 0 Å². The molecule has 0 aliphatic heterocycles. The molecule has 1 rings (SSSR count). The van der Waals surface area contributed by atoms with Crippen LogP contribution in [0.5, 0.6) is 0 Å². The Morgan fingerprint density at radius 1 is 1.67 bits per heavy atom. The summed E-state index contributed by atoms with van der Waals surface area (Å²) in [5.41, 5.74) is 5.99. The van der Waals surface area contributed by atoms with Gasteiger partial charge in [0.1, 0.15) is 0 Å². The molecule has 2 N–H and O–H groups in total. The smallest absolute Gasteiger partial charge is 0.292 e. The first kappa shape index (κ1) is 8.77. The fourth-order valence-corrected chi connectivity index (χ4v) is 1.05. The van der Waals surface area contributed by atoms with Crippen LogP contribution in [0.25, 0.3) is 0 Å². The predicted molar refractivity (Wildman–Crippen MR) is 44.9 cm³/mol. The molecule has 4 nitrogen and oxygen atoms in total. The number of hydrogen-bond acceptors (Lipinski definition) is 4. The van der Waals surface area contributed by atoms with Crippen LogP contribution < -0.4 is 5.73 Å². The maximum Gasteiger partial charge on any atom is 0.292 e. The minimum atomic E-state index is -0.123. The molecule has 0 radical (unpaired) electrons. The Labute approximate surface area is 70.8 Å². The van der Waals surface area contributed by atoms with Crippen LogP contribution in [-0.4, -0.2) is 10.8 Å². The summed E-state index contributed by atoms with van der Waals surface area (Å²) in [5.74, 6) is 0.178. The maximum absolute atomic E-state index is 11.0. The van der Waals surface area contributed by atoms with Gasteiger partial charge in [-0.25, -0.2) is 0 Å². The highest BCUT2D eigenvalue weighted by atomic mass is 16.4. The second-order valence-corrected chi connectivity index (χ2v) is 2.63. The molecule has 66 valence electrons. The number of Topliss-reactive ketones (excluding diaryl/α,β-unsaturated/α-hetero) is 1. The molecule has 4 heteroatoms. The zero-order chi connectivity index (χ0) is 9.14. The Balaban J connectivity index is 2.99. The van der Waals surface area contributed by atoms with Crippen molar-refractivity contribution < 1.29 is 9.21 Å². The molecule has 12 heavy (non-hydrogen) atoms. The van der Waals surface area contributed by atoms with E-state index in [1.165, 1.54) is 6.92 Å². The zero-order valence-electron chi connectivity index (χ0n) is 7.26. The highest BCUT2D eigenvalue weighted by molar-refractivity contribution is 5.92. The van der Waals surface area contributed by atoms with Crippen molar-refractivity contribution in [2.75, 3.05) is 5.73 Å². The summed E-state index contributed by atoms with van der Waals surface area (Å²) >= 11 is 0. The molecule has 0 aliphatic rings. The molecule has 0 saturated carbocycles. The van der Waals surface area contributed by atoms with Gasteiger partial charge in [0, 0.05) is 6.92 Å². The van der Waals surface area contributed by atoms with Crippen LogP contribution in [0.1, 0.15) is 36.5 Å². The van der Waals surface area contributed by atoms with Crippen molar-refractivity contribution >= 4 is 11.8 Å². The van der Waals surface area contributed by atoms with Gasteiger partial charge in [0.05, 0.1) is 5.69 Å². The van der Waals surface area contributed by atoms with E-state index in [4.69, 9.17) is 10.2 Å². The first-order chi connectivity index (χ1) is 5.65. The number of aryl methyl sites for hydroxylation is 1. The minimum Gasteiger partial charge on any atom is -0.420 e. The molecule has 0 atom stereocenters. The van der Waals surface area contributed by atoms with Crippen molar-refractivity contribution in [1.29, 1.82) is 0 Å². The van der Waals surface area contributed by atoms with Crippen molar-refractivity contribution in [2.45, 2.75) is 26.7 Å². The van der Waals surface area contributed by atoms with Gasteiger partial charge in [0.25, 0.3) is 6.01 Å². The van der Waals surface area contributed by atoms with E-state index in [9.17, 15) is 4.79 Å². The lowest BCUT2D eigenvalue weighted by atomic mass is 10.2. The molecule has 0 saturated heterocycles. The van der Waals surface area contributed by atoms with Crippen LogP contribution in [0.2, 0.25) is 0 Å². The first-order valence-electron chi connectivity index (χ1n) is 3.91. The number of hydrogen-bond donors (Lipinski definition) is 1. The molecular weight excluding hydrogens is 156 g/mol. The number of rotatable bonds is 3. The Kier molecular flexibility index (Phi) is 2.47. The van der Waals surface area contributed by atoms with Crippen molar-refractivity contribution in [3.8, 4) is 0 Å². The Hall–Kier alpha value is -1.32. The van der Waals surface area contributed by atoms with Crippen LogP contribution in [-0.2, 0) is 6.42 Å². The van der Waals surface area contributed by atoms with E-state index in [1.807, 2.05) is 6.92 Å². The lowest BCUT2D eigenvalue weighted by molar-refractivity contribution is 0.0987. The lowest BCUT2D eigenvalue weighted by Gasteiger charge is -1.91. The molecule has 0 bridgehead atoms. The van der Waals surface area contributed by atoms with Crippen LogP contribution in [0.15, 0.2) is 4.42 Å². The lowest BCUT2D eigenvalue weighted by Crippen LogP contribution is -1.96. The third-order valence-corrected chi connectivity index (χ3v) is 1.52. The van der Waals surface area contributed by atoms with Crippen molar-refractivity contribution in [3.63, 3.8) is 0 Å². The normalized spacial score (nSPS) is 10.2. The van der Waals surface area contributed by atoms with Gasteiger partial charge in [-0.15, -0.1) is 0 Å². The third kappa shape index (κ3) is 1.64. The van der Waals surface area contributed by atoms with Gasteiger partial charge >= 0.3 is 0 Å². The standard InChI is InChI=1S/C8H12N2O2/c1-3-4-6-7(5(2)11)12-8(9)10-6/h3-4H2,1-2H3,(H2,9,10). The Morgan fingerprint density at radius 3 is 2.83 bits per heavy atom. The monoisotopic (exact) mass is 168 g/mol. The number of anilines is 1. The van der Waals surface area contributed by atoms with E-state index >= 15 is 0 Å². The Morgan fingerprint density at radius 2 is 2.33 bits per heavy atom. The van der Waals surface area contributed by atoms with E-state index in [-0.39, 0.29) is 11.8 Å². The number of nitrogens with zero attached hydrogens (tertiary/aromatic N) is 1. The van der Waals surface area contributed by atoms with Gasteiger partial charge in [0.15, 0.2) is 11.5 Å². The number of aromatic nitrogens is 1. The number of oxazole rings is 1. The zero-order valence-corrected chi connectivity index (χ0v) is 7.26. The highest BCUT2D eigenvalue weighted by Gasteiger charge is 2.14. The second kappa shape index (κ2) is 3.38. The molecule has 0 spiro atoms. The summed E-state index contributed by atoms with van der Waals surface area (Å²) in [6.45, 7) is 3.45. The van der Waals surface area contributed by atoms with Crippen LogP contribution >= 0.6 is 0 Å². The van der Waals surface area contributed by atoms with Crippen LogP contribution in [0.4, 0.5) is 6.01 Å². The van der Waals surface area contributed by atoms with E-state index in [0.29, 0.717) is 11.5 Å². The number of nitrogen functional groups attached to an aromatic ring is 1. The van der Waals surface area contributed by atoms with Gasteiger partial charge in [0.2, 0.25) is 0 Å². The molecule has 0 unspecified atom stereocenters. The number of ketones is 1. The second-order valence-electron chi connectivity index (χ2n) is 2.63.